The fourth-order valence-electron chi connectivity index (χ4n) is 2.92. The van der Waals surface area contributed by atoms with Crippen molar-refractivity contribution in [2.75, 3.05) is 38.3 Å². The van der Waals surface area contributed by atoms with E-state index in [-0.39, 0.29) is 11.9 Å². The second kappa shape index (κ2) is 8.62. The minimum atomic E-state index is -0.180. The number of methoxy groups -OCH3 is 1. The third kappa shape index (κ3) is 4.49. The van der Waals surface area contributed by atoms with Gasteiger partial charge in [0.25, 0.3) is 5.91 Å². The molecule has 26 heavy (non-hydrogen) atoms. The molecule has 1 atom stereocenters. The van der Waals surface area contributed by atoms with E-state index in [0.717, 1.165) is 24.4 Å². The topological polar surface area (TPSA) is 76.6 Å². The van der Waals surface area contributed by atoms with Crippen LogP contribution in [0, 0.1) is 0 Å². The number of nitrogens with one attached hydrogen (secondary N) is 1. The zero-order valence-electron chi connectivity index (χ0n) is 15.1. The Labute approximate surface area is 153 Å². The van der Waals surface area contributed by atoms with Gasteiger partial charge in [0.2, 0.25) is 5.95 Å². The quantitative estimate of drug-likeness (QED) is 0.849. The lowest BCUT2D eigenvalue weighted by atomic mass is 10.1. The van der Waals surface area contributed by atoms with E-state index < -0.39 is 0 Å². The molecule has 1 amide bonds. The molecule has 1 N–H and O–H groups in total. The average Bonchev–Trinajstić information content (AvgIpc) is 2.69. The molecule has 3 rings (SSSR count). The van der Waals surface area contributed by atoms with Crippen molar-refractivity contribution in [1.29, 1.82) is 0 Å². The summed E-state index contributed by atoms with van der Waals surface area (Å²) >= 11 is 0. The number of benzene rings is 1. The summed E-state index contributed by atoms with van der Waals surface area (Å²) in [5.41, 5.74) is 1.51. The summed E-state index contributed by atoms with van der Waals surface area (Å²) < 4.78 is 10.7. The summed E-state index contributed by atoms with van der Waals surface area (Å²) in [5, 5.41) is 2.99. The molecule has 1 aliphatic rings. The van der Waals surface area contributed by atoms with Crippen molar-refractivity contribution in [1.82, 2.24) is 15.3 Å². The molecule has 2 heterocycles. The summed E-state index contributed by atoms with van der Waals surface area (Å²) in [6, 6.07) is 7.77. The van der Waals surface area contributed by atoms with Crippen LogP contribution in [0.5, 0.6) is 5.75 Å². The highest BCUT2D eigenvalue weighted by Gasteiger charge is 2.16. The lowest BCUT2D eigenvalue weighted by Gasteiger charge is -2.26. The summed E-state index contributed by atoms with van der Waals surface area (Å²) in [6.45, 7) is 4.84. The Hall–Kier alpha value is -2.67. The second-order valence-electron chi connectivity index (χ2n) is 6.26. The van der Waals surface area contributed by atoms with Crippen LogP contribution in [0.2, 0.25) is 0 Å². The first-order valence-electron chi connectivity index (χ1n) is 8.75. The lowest BCUT2D eigenvalue weighted by Crippen LogP contribution is -2.37. The first-order chi connectivity index (χ1) is 12.7. The zero-order valence-corrected chi connectivity index (χ0v) is 15.1. The maximum absolute atomic E-state index is 12.4. The number of ether oxygens (including phenoxy) is 2. The molecule has 0 bridgehead atoms. The number of para-hydroxylation sites is 1. The molecule has 0 spiro atoms. The van der Waals surface area contributed by atoms with Gasteiger partial charge in [0.15, 0.2) is 0 Å². The number of rotatable bonds is 6. The molecule has 2 aromatic rings. The Morgan fingerprint density at radius 1 is 1.27 bits per heavy atom. The standard InChI is InChI=1S/C19H24N4O3/c1-14(11-15-5-3-4-6-17(15)25-2)22-18(24)16-12-20-19(21-13-16)23-7-9-26-10-8-23/h3-6,12-14H,7-11H2,1-2H3,(H,22,24). The molecule has 138 valence electrons. The molecular formula is C19H24N4O3. The number of hydrogen-bond acceptors (Lipinski definition) is 6. The Morgan fingerprint density at radius 2 is 1.96 bits per heavy atom. The lowest BCUT2D eigenvalue weighted by molar-refractivity contribution is 0.0939. The maximum Gasteiger partial charge on any atom is 0.254 e. The number of anilines is 1. The molecule has 7 nitrogen and oxygen atoms in total. The SMILES string of the molecule is COc1ccccc1CC(C)NC(=O)c1cnc(N2CCOCC2)nc1. The molecule has 0 aliphatic carbocycles. The van der Waals surface area contributed by atoms with Gasteiger partial charge in [0.05, 0.1) is 25.9 Å². The fourth-order valence-corrected chi connectivity index (χ4v) is 2.92. The van der Waals surface area contributed by atoms with Crippen LogP contribution in [0.4, 0.5) is 5.95 Å². The van der Waals surface area contributed by atoms with Gasteiger partial charge in [-0.05, 0) is 25.0 Å². The molecular weight excluding hydrogens is 332 g/mol. The van der Waals surface area contributed by atoms with Crippen LogP contribution in [0.25, 0.3) is 0 Å². The number of nitrogens with zero attached hydrogens (tertiary/aromatic N) is 3. The Bertz CT molecular complexity index is 730. The minimum absolute atomic E-state index is 0.0438. The predicted molar refractivity (Wildman–Crippen MR) is 98.7 cm³/mol. The van der Waals surface area contributed by atoms with Crippen molar-refractivity contribution in [3.63, 3.8) is 0 Å². The van der Waals surface area contributed by atoms with E-state index in [1.54, 1.807) is 19.5 Å². The Kier molecular flexibility index (Phi) is 6.01. The number of amides is 1. The van der Waals surface area contributed by atoms with E-state index >= 15 is 0 Å². The van der Waals surface area contributed by atoms with Crippen LogP contribution >= 0.6 is 0 Å². The van der Waals surface area contributed by atoms with Crippen LogP contribution in [-0.2, 0) is 11.2 Å². The van der Waals surface area contributed by atoms with Crippen LogP contribution in [0.3, 0.4) is 0 Å². The predicted octanol–water partition coefficient (Wildman–Crippen LogP) is 1.68. The molecule has 1 aliphatic heterocycles. The third-order valence-corrected chi connectivity index (χ3v) is 4.29. The molecule has 1 saturated heterocycles. The van der Waals surface area contributed by atoms with Gasteiger partial charge >= 0.3 is 0 Å². The molecule has 7 heteroatoms. The van der Waals surface area contributed by atoms with Crippen LogP contribution in [-0.4, -0.2) is 55.3 Å². The first-order valence-corrected chi connectivity index (χ1v) is 8.75. The van der Waals surface area contributed by atoms with Crippen molar-refractivity contribution < 1.29 is 14.3 Å². The molecule has 1 fully saturated rings. The third-order valence-electron chi connectivity index (χ3n) is 4.29. The Morgan fingerprint density at radius 3 is 2.65 bits per heavy atom. The van der Waals surface area contributed by atoms with E-state index in [9.17, 15) is 4.79 Å². The highest BCUT2D eigenvalue weighted by Crippen LogP contribution is 2.19. The highest BCUT2D eigenvalue weighted by molar-refractivity contribution is 5.93. The number of carbonyl (C=O) groups excluding carboxylic acids is 1. The van der Waals surface area contributed by atoms with Gasteiger partial charge in [0, 0.05) is 31.5 Å². The zero-order chi connectivity index (χ0) is 18.4. The van der Waals surface area contributed by atoms with Crippen molar-refractivity contribution >= 4 is 11.9 Å². The summed E-state index contributed by atoms with van der Waals surface area (Å²) in [6.07, 6.45) is 3.83. The summed E-state index contributed by atoms with van der Waals surface area (Å²) in [5.74, 6) is 1.28. The van der Waals surface area contributed by atoms with Crippen molar-refractivity contribution in [3.8, 4) is 5.75 Å². The monoisotopic (exact) mass is 356 g/mol. The van der Waals surface area contributed by atoms with Gasteiger partial charge in [-0.15, -0.1) is 0 Å². The second-order valence-corrected chi connectivity index (χ2v) is 6.26. The van der Waals surface area contributed by atoms with E-state index in [0.29, 0.717) is 31.1 Å². The first kappa shape index (κ1) is 18.1. The van der Waals surface area contributed by atoms with Gasteiger partial charge < -0.3 is 19.7 Å². The van der Waals surface area contributed by atoms with Gasteiger partial charge in [-0.1, -0.05) is 18.2 Å². The molecule has 0 saturated carbocycles. The molecule has 0 radical (unpaired) electrons. The van der Waals surface area contributed by atoms with Gasteiger partial charge in [-0.2, -0.15) is 0 Å². The average molecular weight is 356 g/mol. The van der Waals surface area contributed by atoms with Crippen LogP contribution in [0.15, 0.2) is 36.7 Å². The minimum Gasteiger partial charge on any atom is -0.496 e. The van der Waals surface area contributed by atoms with Crippen molar-refractivity contribution in [2.24, 2.45) is 0 Å². The number of morpholine rings is 1. The van der Waals surface area contributed by atoms with Gasteiger partial charge in [0.1, 0.15) is 5.75 Å². The van der Waals surface area contributed by atoms with E-state index in [1.807, 2.05) is 31.2 Å². The van der Waals surface area contributed by atoms with E-state index in [1.165, 1.54) is 0 Å². The normalized spacial score (nSPS) is 15.4. The summed E-state index contributed by atoms with van der Waals surface area (Å²) in [7, 11) is 1.65. The fraction of sp³-hybridized carbons (Fsp3) is 0.421. The van der Waals surface area contributed by atoms with Gasteiger partial charge in [-0.3, -0.25) is 4.79 Å². The largest absolute Gasteiger partial charge is 0.496 e. The molecule has 1 unspecified atom stereocenters. The van der Waals surface area contributed by atoms with E-state index in [2.05, 4.69) is 20.2 Å². The number of carbonyl (C=O) groups is 1. The van der Waals surface area contributed by atoms with Crippen molar-refractivity contribution in [3.05, 3.63) is 47.8 Å². The molecule has 1 aromatic carbocycles. The smallest absolute Gasteiger partial charge is 0.254 e. The van der Waals surface area contributed by atoms with E-state index in [4.69, 9.17) is 9.47 Å². The van der Waals surface area contributed by atoms with Crippen LogP contribution < -0.4 is 15.0 Å². The number of hydrogen-bond donors (Lipinski definition) is 1. The van der Waals surface area contributed by atoms with Crippen molar-refractivity contribution in [2.45, 2.75) is 19.4 Å². The number of aromatic nitrogens is 2. The molecule has 1 aromatic heterocycles. The highest BCUT2D eigenvalue weighted by atomic mass is 16.5. The Balaban J connectivity index is 1.58. The summed E-state index contributed by atoms with van der Waals surface area (Å²) in [4.78, 5) is 23.1. The van der Waals surface area contributed by atoms with Gasteiger partial charge in [-0.25, -0.2) is 9.97 Å². The van der Waals surface area contributed by atoms with Crippen LogP contribution in [0.1, 0.15) is 22.8 Å². The maximum atomic E-state index is 12.4.